The van der Waals surface area contributed by atoms with E-state index in [1.54, 1.807) is 11.5 Å². The molecule has 0 aliphatic heterocycles. The standard InChI is InChI=1S/C24H32N6O4/c1-17(2)13-15-26-23(32)21(8-5-14-27-24(25)29-30(33)34)28-22(31)12-10-18-9-11-19-6-3-4-7-20(19)16-18/h3-4,6-7,9-12,16-17,21H,5,8,13-15H2,1-2H3,(H,26,32)(H,28,31)(H3,25,27,29)/b12-10+/t21-/m0/s1. The van der Waals surface area contributed by atoms with Crippen molar-refractivity contribution in [2.75, 3.05) is 13.1 Å². The lowest BCUT2D eigenvalue weighted by Crippen LogP contribution is -2.47. The van der Waals surface area contributed by atoms with Crippen molar-refractivity contribution in [3.05, 3.63) is 64.2 Å². The van der Waals surface area contributed by atoms with Gasteiger partial charge in [0.25, 0.3) is 5.96 Å². The van der Waals surface area contributed by atoms with E-state index in [1.165, 1.54) is 6.08 Å². The Bertz CT molecular complexity index is 1040. The van der Waals surface area contributed by atoms with Gasteiger partial charge in [-0.2, -0.15) is 0 Å². The number of rotatable bonds is 12. The van der Waals surface area contributed by atoms with Gasteiger partial charge in [-0.05, 0) is 53.7 Å². The fraction of sp³-hybridized carbons (Fsp3) is 0.375. The Labute approximate surface area is 198 Å². The smallest absolute Gasteiger partial charge is 0.251 e. The molecule has 34 heavy (non-hydrogen) atoms. The summed E-state index contributed by atoms with van der Waals surface area (Å²) >= 11 is 0. The van der Waals surface area contributed by atoms with Crippen molar-refractivity contribution in [1.29, 1.82) is 5.41 Å². The average Bonchev–Trinajstić information content (AvgIpc) is 2.78. The van der Waals surface area contributed by atoms with Gasteiger partial charge < -0.3 is 16.0 Å². The fourth-order valence-electron chi connectivity index (χ4n) is 3.23. The van der Waals surface area contributed by atoms with Crippen molar-refractivity contribution in [3.8, 4) is 0 Å². The third-order valence-corrected chi connectivity index (χ3v) is 5.03. The maximum absolute atomic E-state index is 12.6. The van der Waals surface area contributed by atoms with Crippen LogP contribution >= 0.6 is 0 Å². The number of fused-ring (bicyclic) bond motifs is 1. The molecule has 10 nitrogen and oxygen atoms in total. The van der Waals surface area contributed by atoms with Crippen molar-refractivity contribution in [3.63, 3.8) is 0 Å². The van der Waals surface area contributed by atoms with Gasteiger partial charge in [0.2, 0.25) is 11.8 Å². The van der Waals surface area contributed by atoms with Crippen LogP contribution in [0.1, 0.15) is 38.7 Å². The van der Waals surface area contributed by atoms with Crippen LogP contribution in [-0.2, 0) is 9.59 Å². The van der Waals surface area contributed by atoms with E-state index in [9.17, 15) is 19.7 Å². The molecule has 0 aliphatic carbocycles. The summed E-state index contributed by atoms with van der Waals surface area (Å²) in [4.78, 5) is 35.5. The summed E-state index contributed by atoms with van der Waals surface area (Å²) in [5.74, 6) is -0.688. The van der Waals surface area contributed by atoms with Crippen LogP contribution in [0.4, 0.5) is 0 Å². The summed E-state index contributed by atoms with van der Waals surface area (Å²) in [5, 5.41) is 27.2. The number of nitrogens with one attached hydrogen (secondary N) is 5. The number of carbonyl (C=O) groups is 2. The van der Waals surface area contributed by atoms with Crippen LogP contribution in [0.25, 0.3) is 16.8 Å². The molecule has 1 atom stereocenters. The molecule has 0 bridgehead atoms. The quantitative estimate of drug-likeness (QED) is 0.0807. The first kappa shape index (κ1) is 26.3. The molecule has 0 spiro atoms. The van der Waals surface area contributed by atoms with Gasteiger partial charge in [0, 0.05) is 19.2 Å². The van der Waals surface area contributed by atoms with Gasteiger partial charge >= 0.3 is 0 Å². The van der Waals surface area contributed by atoms with Crippen molar-refractivity contribution in [2.45, 2.75) is 39.2 Å². The second-order valence-corrected chi connectivity index (χ2v) is 8.29. The summed E-state index contributed by atoms with van der Waals surface area (Å²) in [6.07, 6.45) is 4.63. The molecule has 2 aromatic carbocycles. The van der Waals surface area contributed by atoms with Crippen LogP contribution in [0, 0.1) is 21.4 Å². The lowest BCUT2D eigenvalue weighted by atomic mass is 10.1. The third-order valence-electron chi connectivity index (χ3n) is 5.03. The van der Waals surface area contributed by atoms with E-state index in [-0.39, 0.29) is 12.5 Å². The summed E-state index contributed by atoms with van der Waals surface area (Å²) in [5.41, 5.74) is 2.57. The van der Waals surface area contributed by atoms with Crippen LogP contribution < -0.4 is 21.4 Å². The molecule has 0 fully saturated rings. The van der Waals surface area contributed by atoms with Crippen LogP contribution in [-0.4, -0.2) is 41.9 Å². The number of nitrogens with zero attached hydrogens (tertiary/aromatic N) is 1. The van der Waals surface area contributed by atoms with E-state index < -0.39 is 22.9 Å². The van der Waals surface area contributed by atoms with Crippen molar-refractivity contribution < 1.29 is 14.6 Å². The first-order valence-electron chi connectivity index (χ1n) is 11.2. The van der Waals surface area contributed by atoms with Crippen LogP contribution in [0.2, 0.25) is 0 Å². The van der Waals surface area contributed by atoms with Crippen molar-refractivity contribution >= 4 is 34.6 Å². The van der Waals surface area contributed by atoms with Gasteiger partial charge in [0.1, 0.15) is 6.04 Å². The van der Waals surface area contributed by atoms with E-state index >= 15 is 0 Å². The Morgan fingerprint density at radius 2 is 1.79 bits per heavy atom. The number of amides is 2. The van der Waals surface area contributed by atoms with E-state index in [1.807, 2.05) is 42.5 Å². The molecule has 2 rings (SSSR count). The molecular formula is C24H32N6O4. The van der Waals surface area contributed by atoms with Gasteiger partial charge in [-0.3, -0.25) is 15.0 Å². The largest absolute Gasteiger partial charge is 0.354 e. The van der Waals surface area contributed by atoms with Gasteiger partial charge in [0.15, 0.2) is 5.03 Å². The summed E-state index contributed by atoms with van der Waals surface area (Å²) in [6.45, 7) is 4.86. The molecule has 0 aliphatic rings. The Balaban J connectivity index is 1.95. The Morgan fingerprint density at radius 1 is 1.06 bits per heavy atom. The van der Waals surface area contributed by atoms with Gasteiger partial charge in [-0.25, -0.2) is 10.1 Å². The highest BCUT2D eigenvalue weighted by Gasteiger charge is 2.19. The summed E-state index contributed by atoms with van der Waals surface area (Å²) in [7, 11) is 0. The zero-order chi connectivity index (χ0) is 24.9. The lowest BCUT2D eigenvalue weighted by Gasteiger charge is -2.18. The van der Waals surface area contributed by atoms with Crippen LogP contribution in [0.5, 0.6) is 0 Å². The Kier molecular flexibility index (Phi) is 10.5. The Morgan fingerprint density at radius 3 is 2.50 bits per heavy atom. The maximum atomic E-state index is 12.6. The van der Waals surface area contributed by atoms with E-state index in [4.69, 9.17) is 5.41 Å². The number of hydrogen-bond donors (Lipinski definition) is 5. The third kappa shape index (κ3) is 9.68. The van der Waals surface area contributed by atoms with Gasteiger partial charge in [0.05, 0.1) is 0 Å². The first-order valence-corrected chi connectivity index (χ1v) is 11.2. The molecule has 0 heterocycles. The van der Waals surface area contributed by atoms with Crippen molar-refractivity contribution in [1.82, 2.24) is 21.4 Å². The number of benzene rings is 2. The topological polar surface area (TPSA) is 149 Å². The number of guanidine groups is 1. The molecule has 0 saturated heterocycles. The molecule has 0 radical (unpaired) electrons. The molecule has 0 unspecified atom stereocenters. The average molecular weight is 469 g/mol. The Hall–Kier alpha value is -3.95. The molecule has 182 valence electrons. The second-order valence-electron chi connectivity index (χ2n) is 8.29. The zero-order valence-corrected chi connectivity index (χ0v) is 19.5. The highest BCUT2D eigenvalue weighted by Crippen LogP contribution is 2.16. The SMILES string of the molecule is CC(C)CCNC(=O)[C@H](CCCNC(=N)N[N+](=O)[O-])NC(=O)/C=C/c1ccc2ccccc2c1. The minimum atomic E-state index is -0.831. The second kappa shape index (κ2) is 13.6. The predicted octanol–water partition coefficient (Wildman–Crippen LogP) is 2.59. The van der Waals surface area contributed by atoms with E-state index in [0.717, 1.165) is 22.8 Å². The summed E-state index contributed by atoms with van der Waals surface area (Å²) in [6, 6.07) is 13.1. The zero-order valence-electron chi connectivity index (χ0n) is 19.5. The summed E-state index contributed by atoms with van der Waals surface area (Å²) < 4.78 is 0. The number of nitro groups is 1. The number of hydrazine groups is 1. The molecule has 5 N–H and O–H groups in total. The molecule has 2 aromatic rings. The highest BCUT2D eigenvalue weighted by molar-refractivity contribution is 5.96. The lowest BCUT2D eigenvalue weighted by molar-refractivity contribution is -0.525. The van der Waals surface area contributed by atoms with E-state index in [2.05, 4.69) is 29.8 Å². The molecule has 0 saturated carbocycles. The van der Waals surface area contributed by atoms with Crippen LogP contribution in [0.15, 0.2) is 48.5 Å². The van der Waals surface area contributed by atoms with E-state index in [0.29, 0.717) is 25.3 Å². The normalized spacial score (nSPS) is 11.9. The molecule has 2 amide bonds. The highest BCUT2D eigenvalue weighted by atomic mass is 16.7. The van der Waals surface area contributed by atoms with Crippen molar-refractivity contribution in [2.24, 2.45) is 5.92 Å². The molecule has 0 aromatic heterocycles. The number of carbonyl (C=O) groups excluding carboxylic acids is 2. The number of hydrogen-bond acceptors (Lipinski definition) is 5. The molecule has 10 heteroatoms. The monoisotopic (exact) mass is 468 g/mol. The maximum Gasteiger partial charge on any atom is 0.251 e. The predicted molar refractivity (Wildman–Crippen MR) is 132 cm³/mol. The first-order chi connectivity index (χ1) is 16.2. The van der Waals surface area contributed by atoms with Gasteiger partial charge in [-0.15, -0.1) is 0 Å². The fourth-order valence-corrected chi connectivity index (χ4v) is 3.23. The minimum Gasteiger partial charge on any atom is -0.354 e. The minimum absolute atomic E-state index is 0.234. The van der Waals surface area contributed by atoms with Crippen LogP contribution in [0.3, 0.4) is 0 Å². The van der Waals surface area contributed by atoms with Gasteiger partial charge in [-0.1, -0.05) is 55.7 Å². The molecular weight excluding hydrogens is 436 g/mol.